The fourth-order valence-electron chi connectivity index (χ4n) is 1.88. The maximum absolute atomic E-state index is 12.0. The molecule has 0 spiro atoms. The molecule has 136 valence electrons. The average Bonchev–Trinajstić information content (AvgIpc) is 2.60. The van der Waals surface area contributed by atoms with Crippen LogP contribution in [0.15, 0.2) is 48.5 Å². The molecule has 0 atom stereocenters. The summed E-state index contributed by atoms with van der Waals surface area (Å²) in [7, 11) is 0. The lowest BCUT2D eigenvalue weighted by atomic mass is 10.2. The van der Waals surface area contributed by atoms with Gasteiger partial charge in [0.1, 0.15) is 17.1 Å². The second-order valence-corrected chi connectivity index (χ2v) is 4.87. The van der Waals surface area contributed by atoms with Crippen molar-refractivity contribution in [2.24, 2.45) is 0 Å². The van der Waals surface area contributed by atoms with E-state index >= 15 is 0 Å². The highest BCUT2D eigenvalue weighted by atomic mass is 19.3. The molecule has 9 heteroatoms. The van der Waals surface area contributed by atoms with Gasteiger partial charge in [0.05, 0.1) is 0 Å². The number of hydrogen-bond donors (Lipinski definition) is 2. The zero-order valence-electron chi connectivity index (χ0n) is 13.1. The predicted molar refractivity (Wildman–Crippen MR) is 83.9 cm³/mol. The quantitative estimate of drug-likeness (QED) is 0.760. The number of carbonyl (C=O) groups is 3. The number of hydrogen-bond acceptors (Lipinski definition) is 6. The number of aromatic hydroxyl groups is 1. The molecule has 0 aliphatic carbocycles. The van der Waals surface area contributed by atoms with Crippen molar-refractivity contribution < 1.29 is 37.7 Å². The molecule has 2 aromatic rings. The van der Waals surface area contributed by atoms with Crippen LogP contribution in [-0.2, 0) is 9.53 Å². The summed E-state index contributed by atoms with van der Waals surface area (Å²) in [5.74, 6) is -3.08. The van der Waals surface area contributed by atoms with Crippen molar-refractivity contribution in [2.75, 3.05) is 6.61 Å². The van der Waals surface area contributed by atoms with E-state index in [4.69, 9.17) is 4.74 Å². The molecule has 0 radical (unpaired) electrons. The van der Waals surface area contributed by atoms with E-state index < -0.39 is 31.0 Å². The summed E-state index contributed by atoms with van der Waals surface area (Å²) < 4.78 is 32.9. The van der Waals surface area contributed by atoms with Crippen LogP contribution < -0.4 is 10.1 Å². The fourth-order valence-corrected chi connectivity index (χ4v) is 1.88. The number of phenolic OH excluding ortho intramolecular Hbond substituents is 1. The highest BCUT2D eigenvalue weighted by Crippen LogP contribution is 2.16. The Bertz CT molecular complexity index is 807. The molecule has 0 fully saturated rings. The van der Waals surface area contributed by atoms with Gasteiger partial charge >= 0.3 is 12.6 Å². The Morgan fingerprint density at radius 2 is 1.69 bits per heavy atom. The number of rotatable bonds is 6. The van der Waals surface area contributed by atoms with Gasteiger partial charge in [-0.2, -0.15) is 8.78 Å². The van der Waals surface area contributed by atoms with Gasteiger partial charge in [0.25, 0.3) is 11.8 Å². The first-order chi connectivity index (χ1) is 12.4. The number of carbonyl (C=O) groups excluding carboxylic acids is 3. The van der Waals surface area contributed by atoms with Gasteiger partial charge in [0.15, 0.2) is 6.61 Å². The van der Waals surface area contributed by atoms with Crippen molar-refractivity contribution in [3.05, 3.63) is 59.7 Å². The Labute approximate surface area is 146 Å². The molecule has 2 aromatic carbocycles. The molecule has 2 rings (SSSR count). The summed E-state index contributed by atoms with van der Waals surface area (Å²) in [6.45, 7) is -3.74. The highest BCUT2D eigenvalue weighted by molar-refractivity contribution is 6.05. The molecule has 7 nitrogen and oxygen atoms in total. The fraction of sp³-hybridized carbons (Fsp3) is 0.118. The summed E-state index contributed by atoms with van der Waals surface area (Å²) in [4.78, 5) is 35.2. The lowest BCUT2D eigenvalue weighted by Crippen LogP contribution is -2.34. The predicted octanol–water partition coefficient (Wildman–Crippen LogP) is 2.11. The molecule has 0 aliphatic heterocycles. The van der Waals surface area contributed by atoms with Gasteiger partial charge < -0.3 is 14.6 Å². The Balaban J connectivity index is 1.86. The van der Waals surface area contributed by atoms with Crippen molar-refractivity contribution in [3.63, 3.8) is 0 Å². The second kappa shape index (κ2) is 8.56. The molecular weight excluding hydrogens is 352 g/mol. The minimum Gasteiger partial charge on any atom is -0.507 e. The molecule has 26 heavy (non-hydrogen) atoms. The van der Waals surface area contributed by atoms with Crippen molar-refractivity contribution in [2.45, 2.75) is 6.61 Å². The van der Waals surface area contributed by atoms with Crippen LogP contribution in [0.1, 0.15) is 20.7 Å². The van der Waals surface area contributed by atoms with Crippen LogP contribution >= 0.6 is 0 Å². The van der Waals surface area contributed by atoms with Crippen LogP contribution in [0.4, 0.5) is 8.78 Å². The van der Waals surface area contributed by atoms with Crippen molar-refractivity contribution in [1.82, 2.24) is 5.32 Å². The molecule has 0 unspecified atom stereocenters. The maximum Gasteiger partial charge on any atom is 0.387 e. The van der Waals surface area contributed by atoms with Crippen molar-refractivity contribution in [1.29, 1.82) is 0 Å². The molecule has 2 amide bonds. The van der Waals surface area contributed by atoms with Gasteiger partial charge in [-0.3, -0.25) is 14.9 Å². The number of phenols is 1. The number of amides is 2. The molecule has 0 aliphatic rings. The SMILES string of the molecule is O=C(COC(=O)c1ccccc1O)NC(=O)c1ccc(OC(F)F)cc1. The molecule has 0 aromatic heterocycles. The third-order valence-corrected chi connectivity index (χ3v) is 3.05. The molecule has 0 saturated heterocycles. The first-order valence-corrected chi connectivity index (χ1v) is 7.21. The minimum atomic E-state index is -2.99. The van der Waals surface area contributed by atoms with E-state index in [1.807, 2.05) is 5.32 Å². The summed E-state index contributed by atoms with van der Waals surface area (Å²) in [5.41, 5.74) is -0.103. The first-order valence-electron chi connectivity index (χ1n) is 7.21. The molecule has 0 bridgehead atoms. The van der Waals surface area contributed by atoms with Gasteiger partial charge in [-0.25, -0.2) is 4.79 Å². The minimum absolute atomic E-state index is 0.0204. The number of benzene rings is 2. The number of imide groups is 1. The van der Waals surface area contributed by atoms with Crippen LogP contribution in [0.2, 0.25) is 0 Å². The molecular formula is C17H13F2NO6. The van der Waals surface area contributed by atoms with Crippen molar-refractivity contribution >= 4 is 17.8 Å². The van der Waals surface area contributed by atoms with E-state index in [0.717, 1.165) is 12.1 Å². The number of nitrogens with one attached hydrogen (secondary N) is 1. The average molecular weight is 365 g/mol. The van der Waals surface area contributed by atoms with Gasteiger partial charge in [-0.15, -0.1) is 0 Å². The third-order valence-electron chi connectivity index (χ3n) is 3.05. The first kappa shape index (κ1) is 18.8. The van der Waals surface area contributed by atoms with E-state index in [-0.39, 0.29) is 22.6 Å². The zero-order chi connectivity index (χ0) is 19.1. The molecule has 2 N–H and O–H groups in total. The van der Waals surface area contributed by atoms with E-state index in [9.17, 15) is 28.3 Å². The number of ether oxygens (including phenoxy) is 2. The molecule has 0 heterocycles. The smallest absolute Gasteiger partial charge is 0.387 e. The Kier molecular flexibility index (Phi) is 6.20. The standard InChI is InChI=1S/C17H13F2NO6/c18-17(19)26-11-7-5-10(6-8-11)15(23)20-14(22)9-25-16(24)12-3-1-2-4-13(12)21/h1-8,17,21H,9H2,(H,20,22,23). The topological polar surface area (TPSA) is 102 Å². The Morgan fingerprint density at radius 3 is 2.31 bits per heavy atom. The van der Waals surface area contributed by atoms with Crippen LogP contribution in [0.25, 0.3) is 0 Å². The number of halogens is 2. The van der Waals surface area contributed by atoms with Crippen LogP contribution in [0.3, 0.4) is 0 Å². The number of esters is 1. The van der Waals surface area contributed by atoms with Gasteiger partial charge in [0, 0.05) is 5.56 Å². The van der Waals surface area contributed by atoms with E-state index in [1.165, 1.54) is 36.4 Å². The number of alkyl halides is 2. The summed E-state index contributed by atoms with van der Waals surface area (Å²) in [6.07, 6.45) is 0. The van der Waals surface area contributed by atoms with E-state index in [2.05, 4.69) is 4.74 Å². The van der Waals surface area contributed by atoms with Gasteiger partial charge in [-0.1, -0.05) is 12.1 Å². The number of para-hydroxylation sites is 1. The lowest BCUT2D eigenvalue weighted by Gasteiger charge is -2.08. The largest absolute Gasteiger partial charge is 0.507 e. The third kappa shape index (κ3) is 5.26. The lowest BCUT2D eigenvalue weighted by molar-refractivity contribution is -0.123. The summed E-state index contributed by atoms with van der Waals surface area (Å²) >= 11 is 0. The summed E-state index contributed by atoms with van der Waals surface area (Å²) in [6, 6.07) is 10.3. The molecule has 0 saturated carbocycles. The zero-order valence-corrected chi connectivity index (χ0v) is 13.1. The van der Waals surface area contributed by atoms with Crippen LogP contribution in [0, 0.1) is 0 Å². The van der Waals surface area contributed by atoms with Crippen molar-refractivity contribution in [3.8, 4) is 11.5 Å². The second-order valence-electron chi connectivity index (χ2n) is 4.87. The normalized spacial score (nSPS) is 10.3. The van der Waals surface area contributed by atoms with Crippen LogP contribution in [-0.4, -0.2) is 36.1 Å². The van der Waals surface area contributed by atoms with Crippen LogP contribution in [0.5, 0.6) is 11.5 Å². The highest BCUT2D eigenvalue weighted by Gasteiger charge is 2.16. The van der Waals surface area contributed by atoms with Gasteiger partial charge in [0.2, 0.25) is 0 Å². The van der Waals surface area contributed by atoms with E-state index in [1.54, 1.807) is 0 Å². The maximum atomic E-state index is 12.0. The van der Waals surface area contributed by atoms with E-state index in [0.29, 0.717) is 0 Å². The van der Waals surface area contributed by atoms with Gasteiger partial charge in [-0.05, 0) is 36.4 Å². The Hall–Kier alpha value is -3.49. The monoisotopic (exact) mass is 365 g/mol. The summed E-state index contributed by atoms with van der Waals surface area (Å²) in [5, 5.41) is 11.5. The Morgan fingerprint density at radius 1 is 1.04 bits per heavy atom.